The molecular formula is C12H26O4Si. The minimum atomic E-state index is -2.09. The Hall–Kier alpha value is -0.393. The van der Waals surface area contributed by atoms with Crippen molar-refractivity contribution in [1.82, 2.24) is 0 Å². The summed E-state index contributed by atoms with van der Waals surface area (Å²) in [6.45, 7) is 12.2. The van der Waals surface area contributed by atoms with E-state index in [9.17, 15) is 9.90 Å². The summed E-state index contributed by atoms with van der Waals surface area (Å²) in [5.41, 5.74) is 0. The number of esters is 1. The Morgan fingerprint density at radius 1 is 1.35 bits per heavy atom. The Morgan fingerprint density at radius 3 is 2.12 bits per heavy atom. The lowest BCUT2D eigenvalue weighted by Crippen LogP contribution is -2.50. The van der Waals surface area contributed by atoms with Crippen LogP contribution in [0.25, 0.3) is 0 Å². The van der Waals surface area contributed by atoms with Crippen molar-refractivity contribution in [3.63, 3.8) is 0 Å². The quantitative estimate of drug-likeness (QED) is 0.610. The predicted octanol–water partition coefficient (Wildman–Crippen LogP) is 2.32. The van der Waals surface area contributed by atoms with Crippen molar-refractivity contribution in [3.05, 3.63) is 0 Å². The number of carbonyl (C=O) groups excluding carboxylic acids is 1. The first kappa shape index (κ1) is 16.6. The SMILES string of the molecule is CC[C@H](O)[C@@H](O[Si](C)(C)C(C)(C)C)C(=O)OC. The molecule has 5 heteroatoms. The smallest absolute Gasteiger partial charge is 0.336 e. The topological polar surface area (TPSA) is 55.8 Å². The minimum absolute atomic E-state index is 0.00721. The predicted molar refractivity (Wildman–Crippen MR) is 70.4 cm³/mol. The van der Waals surface area contributed by atoms with Crippen molar-refractivity contribution in [2.24, 2.45) is 0 Å². The van der Waals surface area contributed by atoms with Gasteiger partial charge in [0.05, 0.1) is 13.2 Å². The fourth-order valence-electron chi connectivity index (χ4n) is 1.11. The van der Waals surface area contributed by atoms with E-state index in [1.54, 1.807) is 0 Å². The monoisotopic (exact) mass is 262 g/mol. The van der Waals surface area contributed by atoms with Crippen LogP contribution in [0.3, 0.4) is 0 Å². The van der Waals surface area contributed by atoms with E-state index in [1.807, 2.05) is 20.0 Å². The van der Waals surface area contributed by atoms with Gasteiger partial charge in [-0.3, -0.25) is 0 Å². The molecule has 0 heterocycles. The third-order valence-electron chi connectivity index (χ3n) is 3.43. The fraction of sp³-hybridized carbons (Fsp3) is 0.917. The van der Waals surface area contributed by atoms with E-state index in [4.69, 9.17) is 9.16 Å². The lowest BCUT2D eigenvalue weighted by molar-refractivity contribution is -0.155. The van der Waals surface area contributed by atoms with Crippen LogP contribution >= 0.6 is 0 Å². The number of aliphatic hydroxyl groups is 1. The maximum atomic E-state index is 11.6. The highest BCUT2D eigenvalue weighted by molar-refractivity contribution is 6.74. The number of methoxy groups -OCH3 is 1. The Morgan fingerprint density at radius 2 is 1.82 bits per heavy atom. The molecule has 4 nitrogen and oxygen atoms in total. The first-order valence-electron chi connectivity index (χ1n) is 6.00. The van der Waals surface area contributed by atoms with Crippen LogP contribution in [-0.4, -0.2) is 38.7 Å². The standard InChI is InChI=1S/C12H26O4Si/c1-8-9(13)10(11(14)15-5)16-17(6,7)12(2,3)4/h9-10,13H,8H2,1-7H3/t9-,10+/m0/s1. The van der Waals surface area contributed by atoms with Crippen molar-refractivity contribution in [2.75, 3.05) is 7.11 Å². The summed E-state index contributed by atoms with van der Waals surface area (Å²) in [5.74, 6) is -0.496. The van der Waals surface area contributed by atoms with Crippen molar-refractivity contribution in [1.29, 1.82) is 0 Å². The van der Waals surface area contributed by atoms with Gasteiger partial charge >= 0.3 is 5.97 Å². The van der Waals surface area contributed by atoms with E-state index in [0.29, 0.717) is 6.42 Å². The van der Waals surface area contributed by atoms with Crippen LogP contribution in [0.1, 0.15) is 34.1 Å². The highest BCUT2D eigenvalue weighted by atomic mass is 28.4. The zero-order valence-corrected chi connectivity index (χ0v) is 13.0. The van der Waals surface area contributed by atoms with Gasteiger partial charge in [-0.2, -0.15) is 0 Å². The molecule has 2 atom stereocenters. The average molecular weight is 262 g/mol. The van der Waals surface area contributed by atoms with E-state index in [1.165, 1.54) is 7.11 Å². The lowest BCUT2D eigenvalue weighted by Gasteiger charge is -2.39. The Bertz CT molecular complexity index is 258. The third kappa shape index (κ3) is 4.41. The van der Waals surface area contributed by atoms with E-state index in [2.05, 4.69) is 20.8 Å². The van der Waals surface area contributed by atoms with Crippen LogP contribution in [0.4, 0.5) is 0 Å². The molecule has 0 radical (unpaired) electrons. The molecule has 0 spiro atoms. The average Bonchev–Trinajstić information content (AvgIpc) is 2.22. The van der Waals surface area contributed by atoms with Crippen LogP contribution < -0.4 is 0 Å². The second kappa shape index (κ2) is 5.98. The van der Waals surface area contributed by atoms with Gasteiger partial charge < -0.3 is 14.3 Å². The molecule has 0 fully saturated rings. The molecule has 0 saturated carbocycles. The number of hydrogen-bond donors (Lipinski definition) is 1. The number of rotatable bonds is 5. The lowest BCUT2D eigenvalue weighted by atomic mass is 10.1. The van der Waals surface area contributed by atoms with Gasteiger partial charge in [-0.15, -0.1) is 0 Å². The molecule has 0 unspecified atom stereocenters. The van der Waals surface area contributed by atoms with Gasteiger partial charge in [0, 0.05) is 0 Å². The molecule has 17 heavy (non-hydrogen) atoms. The molecule has 0 amide bonds. The zero-order valence-electron chi connectivity index (χ0n) is 12.0. The van der Waals surface area contributed by atoms with Crippen LogP contribution in [-0.2, 0) is 14.0 Å². The van der Waals surface area contributed by atoms with Gasteiger partial charge in [-0.1, -0.05) is 27.7 Å². The van der Waals surface area contributed by atoms with Gasteiger partial charge in [-0.25, -0.2) is 4.79 Å². The zero-order chi connectivity index (χ0) is 13.9. The largest absolute Gasteiger partial charge is 0.467 e. The number of carbonyl (C=O) groups is 1. The summed E-state index contributed by atoms with van der Waals surface area (Å²) < 4.78 is 10.6. The summed E-state index contributed by atoms with van der Waals surface area (Å²) in [6.07, 6.45) is -1.21. The summed E-state index contributed by atoms with van der Waals surface area (Å²) in [5, 5.41) is 9.84. The van der Waals surface area contributed by atoms with E-state index < -0.39 is 26.5 Å². The van der Waals surface area contributed by atoms with Gasteiger partial charge in [0.2, 0.25) is 0 Å². The molecule has 102 valence electrons. The normalized spacial score (nSPS) is 16.5. The summed E-state index contributed by atoms with van der Waals surface area (Å²) in [7, 11) is -0.775. The maximum Gasteiger partial charge on any atom is 0.336 e. The van der Waals surface area contributed by atoms with Gasteiger partial charge in [0.1, 0.15) is 0 Å². The molecule has 0 rings (SSSR count). The molecule has 1 N–H and O–H groups in total. The van der Waals surface area contributed by atoms with Crippen LogP contribution in [0.15, 0.2) is 0 Å². The van der Waals surface area contributed by atoms with Crippen molar-refractivity contribution in [3.8, 4) is 0 Å². The molecule has 0 aliphatic rings. The summed E-state index contributed by atoms with van der Waals surface area (Å²) in [6, 6.07) is 0. The van der Waals surface area contributed by atoms with Crippen LogP contribution in [0.2, 0.25) is 18.1 Å². The molecule has 0 bridgehead atoms. The molecule has 0 aromatic rings. The number of hydrogen-bond acceptors (Lipinski definition) is 4. The molecule has 0 aliphatic heterocycles. The summed E-state index contributed by atoms with van der Waals surface area (Å²) in [4.78, 5) is 11.6. The van der Waals surface area contributed by atoms with E-state index in [-0.39, 0.29) is 5.04 Å². The van der Waals surface area contributed by atoms with Gasteiger partial charge in [0.15, 0.2) is 14.4 Å². The first-order chi connectivity index (χ1) is 7.56. The fourth-order valence-corrected chi connectivity index (χ4v) is 2.35. The molecule has 0 saturated heterocycles. The molecule has 0 aromatic carbocycles. The van der Waals surface area contributed by atoms with E-state index >= 15 is 0 Å². The molecular weight excluding hydrogens is 236 g/mol. The Kier molecular flexibility index (Phi) is 5.84. The molecule has 0 aliphatic carbocycles. The Balaban J connectivity index is 4.94. The third-order valence-corrected chi connectivity index (χ3v) is 7.88. The number of ether oxygens (including phenoxy) is 1. The summed E-state index contributed by atoms with van der Waals surface area (Å²) >= 11 is 0. The van der Waals surface area contributed by atoms with Crippen LogP contribution in [0, 0.1) is 0 Å². The van der Waals surface area contributed by atoms with Gasteiger partial charge in [0.25, 0.3) is 0 Å². The number of aliphatic hydroxyl groups excluding tert-OH is 1. The minimum Gasteiger partial charge on any atom is -0.467 e. The highest BCUT2D eigenvalue weighted by Crippen LogP contribution is 2.37. The maximum absolute atomic E-state index is 11.6. The first-order valence-corrected chi connectivity index (χ1v) is 8.91. The second-order valence-electron chi connectivity index (χ2n) is 5.80. The van der Waals surface area contributed by atoms with Crippen molar-refractivity contribution >= 4 is 14.3 Å². The molecule has 0 aromatic heterocycles. The van der Waals surface area contributed by atoms with Crippen molar-refractivity contribution < 1.29 is 19.1 Å². The van der Waals surface area contributed by atoms with Crippen molar-refractivity contribution in [2.45, 2.75) is 64.5 Å². The highest BCUT2D eigenvalue weighted by Gasteiger charge is 2.42. The Labute approximate surface area is 105 Å². The second-order valence-corrected chi connectivity index (χ2v) is 10.6. The van der Waals surface area contributed by atoms with Crippen LogP contribution in [0.5, 0.6) is 0 Å². The van der Waals surface area contributed by atoms with E-state index in [0.717, 1.165) is 0 Å². The van der Waals surface area contributed by atoms with Gasteiger partial charge in [-0.05, 0) is 24.6 Å².